The van der Waals surface area contributed by atoms with Gasteiger partial charge in [-0.15, -0.1) is 22.7 Å². The highest BCUT2D eigenvalue weighted by molar-refractivity contribution is 7.12. The molecule has 2 atom stereocenters. The molecule has 0 saturated carbocycles. The Bertz CT molecular complexity index is 659. The third-order valence-corrected chi connectivity index (χ3v) is 8.54. The fraction of sp³-hybridized carbons (Fsp3) is 0.733. The van der Waals surface area contributed by atoms with Crippen molar-refractivity contribution in [1.82, 2.24) is 0 Å². The number of unbranched alkanes of at least 4 members (excludes halogenated alkanes) is 6. The van der Waals surface area contributed by atoms with Gasteiger partial charge in [0, 0.05) is 19.5 Å². The number of rotatable bonds is 14. The van der Waals surface area contributed by atoms with Crippen LogP contribution in [0.2, 0.25) is 0 Å². The molecule has 0 N–H and O–H groups in total. The Morgan fingerprint density at radius 2 is 0.969 bits per heavy atom. The van der Waals surface area contributed by atoms with E-state index in [9.17, 15) is 0 Å². The molecule has 0 amide bonds. The number of thiophene rings is 2. The average molecular weight is 477 g/mol. The van der Waals surface area contributed by atoms with Crippen LogP contribution >= 0.6 is 22.7 Å². The van der Waals surface area contributed by atoms with Gasteiger partial charge in [-0.25, -0.2) is 0 Å². The number of aryl methyl sites for hydroxylation is 4. The van der Waals surface area contributed by atoms with E-state index in [1.165, 1.54) is 96.6 Å². The summed E-state index contributed by atoms with van der Waals surface area (Å²) in [4.78, 5) is 5.98. The van der Waals surface area contributed by atoms with Crippen molar-refractivity contribution in [3.8, 4) is 0 Å². The van der Waals surface area contributed by atoms with E-state index in [4.69, 9.17) is 0 Å². The molecule has 0 fully saturated rings. The van der Waals surface area contributed by atoms with Crippen molar-refractivity contribution >= 4 is 22.7 Å². The molecule has 0 radical (unpaired) electrons. The minimum Gasteiger partial charge on any atom is -0.146 e. The van der Waals surface area contributed by atoms with Gasteiger partial charge >= 0.3 is 0 Å². The van der Waals surface area contributed by atoms with Gasteiger partial charge in [-0.3, -0.25) is 0 Å². The van der Waals surface area contributed by atoms with Gasteiger partial charge in [0.2, 0.25) is 0 Å². The normalized spacial score (nSPS) is 13.0. The summed E-state index contributed by atoms with van der Waals surface area (Å²) in [6.07, 6.45) is 16.5. The molecule has 2 rings (SSSR count). The average Bonchev–Trinajstić information content (AvgIpc) is 3.22. The Hall–Kier alpha value is -0.600. The Morgan fingerprint density at radius 3 is 1.25 bits per heavy atom. The summed E-state index contributed by atoms with van der Waals surface area (Å²) in [5.41, 5.74) is 3.18. The van der Waals surface area contributed by atoms with Crippen molar-refractivity contribution in [1.29, 1.82) is 0 Å². The third kappa shape index (κ3) is 12.6. The predicted molar refractivity (Wildman–Crippen MR) is 151 cm³/mol. The fourth-order valence-corrected chi connectivity index (χ4v) is 6.48. The molecule has 0 bridgehead atoms. The van der Waals surface area contributed by atoms with Gasteiger partial charge in [0.15, 0.2) is 0 Å². The molecule has 2 heteroatoms. The third-order valence-electron chi connectivity index (χ3n) is 6.53. The largest absolute Gasteiger partial charge is 0.146 e. The van der Waals surface area contributed by atoms with E-state index < -0.39 is 0 Å². The van der Waals surface area contributed by atoms with Crippen LogP contribution in [0.25, 0.3) is 0 Å². The first kappa shape index (κ1) is 29.4. The van der Waals surface area contributed by atoms with Gasteiger partial charge in [-0.1, -0.05) is 91.9 Å². The molecule has 0 spiro atoms. The lowest BCUT2D eigenvalue weighted by molar-refractivity contribution is 0.487. The lowest BCUT2D eigenvalue weighted by atomic mass is 9.95. The summed E-state index contributed by atoms with van der Waals surface area (Å²) in [6.45, 7) is 18.3. The maximum absolute atomic E-state index is 2.40. The Balaban J connectivity index is 0.000000320. The van der Waals surface area contributed by atoms with Crippen molar-refractivity contribution in [2.24, 2.45) is 11.8 Å². The maximum atomic E-state index is 2.40. The zero-order chi connectivity index (χ0) is 23.9. The molecular formula is C30H52S2. The van der Waals surface area contributed by atoms with E-state index in [1.807, 2.05) is 22.7 Å². The molecule has 32 heavy (non-hydrogen) atoms. The molecule has 0 saturated heterocycles. The maximum Gasteiger partial charge on any atom is 0.00491 e. The minimum absolute atomic E-state index is 0.851. The summed E-state index contributed by atoms with van der Waals surface area (Å²) in [6, 6.07) is 4.76. The molecule has 2 aromatic rings. The van der Waals surface area contributed by atoms with Crippen LogP contribution < -0.4 is 0 Å². The lowest BCUT2D eigenvalue weighted by Crippen LogP contribution is -1.99. The quantitative estimate of drug-likeness (QED) is 0.238. The highest BCUT2D eigenvalue weighted by atomic mass is 32.1. The molecule has 2 heterocycles. The zero-order valence-corrected chi connectivity index (χ0v) is 24.2. The van der Waals surface area contributed by atoms with E-state index in [-0.39, 0.29) is 0 Å². The monoisotopic (exact) mass is 476 g/mol. The SMILES string of the molecule is CCCCCC[C@@H](C)Cc1cc(C)sc1C.CCCCCC[C@H](C)Cc1cc(C)sc1C. The molecular weight excluding hydrogens is 424 g/mol. The fourth-order valence-electron chi connectivity index (χ4n) is 4.57. The summed E-state index contributed by atoms with van der Waals surface area (Å²) >= 11 is 3.89. The smallest absolute Gasteiger partial charge is 0.00491 e. The van der Waals surface area contributed by atoms with Gasteiger partial charge in [-0.05, 0) is 75.6 Å². The van der Waals surface area contributed by atoms with Crippen LogP contribution in [-0.2, 0) is 12.8 Å². The lowest BCUT2D eigenvalue weighted by Gasteiger charge is -2.10. The Labute approximate surface area is 209 Å². The summed E-state index contributed by atoms with van der Waals surface area (Å²) in [7, 11) is 0. The van der Waals surface area contributed by atoms with Crippen LogP contribution in [0.4, 0.5) is 0 Å². The highest BCUT2D eigenvalue weighted by Crippen LogP contribution is 2.26. The van der Waals surface area contributed by atoms with Crippen LogP contribution in [0.5, 0.6) is 0 Å². The van der Waals surface area contributed by atoms with Crippen molar-refractivity contribution in [2.75, 3.05) is 0 Å². The minimum atomic E-state index is 0.851. The standard InChI is InChI=1S/2C15H26S/c2*1-5-6-7-8-9-12(2)10-15-11-13(3)16-14(15)4/h2*11-12H,5-10H2,1-4H3/t2*12-/m10/s1. The first-order valence-corrected chi connectivity index (χ1v) is 15.0. The molecule has 0 aromatic carbocycles. The van der Waals surface area contributed by atoms with Crippen molar-refractivity contribution in [3.05, 3.63) is 42.8 Å². The van der Waals surface area contributed by atoms with Crippen LogP contribution in [0.15, 0.2) is 12.1 Å². The van der Waals surface area contributed by atoms with Crippen molar-refractivity contribution < 1.29 is 0 Å². The Kier molecular flexibility index (Phi) is 15.6. The second kappa shape index (κ2) is 16.9. The summed E-state index contributed by atoms with van der Waals surface area (Å²) in [5, 5.41) is 0. The topological polar surface area (TPSA) is 0 Å². The van der Waals surface area contributed by atoms with Crippen LogP contribution in [0.1, 0.15) is 123 Å². The van der Waals surface area contributed by atoms with Gasteiger partial charge in [-0.2, -0.15) is 0 Å². The van der Waals surface area contributed by atoms with E-state index in [1.54, 1.807) is 11.1 Å². The first-order chi connectivity index (χ1) is 15.3. The number of hydrogen-bond donors (Lipinski definition) is 0. The molecule has 0 nitrogen and oxygen atoms in total. The summed E-state index contributed by atoms with van der Waals surface area (Å²) in [5.74, 6) is 1.70. The van der Waals surface area contributed by atoms with E-state index >= 15 is 0 Å². The molecule has 0 unspecified atom stereocenters. The van der Waals surface area contributed by atoms with Gasteiger partial charge in [0.05, 0.1) is 0 Å². The van der Waals surface area contributed by atoms with E-state index in [0.717, 1.165) is 11.8 Å². The van der Waals surface area contributed by atoms with Crippen LogP contribution in [0, 0.1) is 39.5 Å². The molecule has 0 aliphatic heterocycles. The molecule has 2 aromatic heterocycles. The Morgan fingerprint density at radius 1 is 0.594 bits per heavy atom. The van der Waals surface area contributed by atoms with Gasteiger partial charge < -0.3 is 0 Å². The molecule has 0 aliphatic carbocycles. The zero-order valence-electron chi connectivity index (χ0n) is 22.6. The van der Waals surface area contributed by atoms with E-state index in [2.05, 4.69) is 67.5 Å². The van der Waals surface area contributed by atoms with Crippen molar-refractivity contribution in [2.45, 2.75) is 132 Å². The van der Waals surface area contributed by atoms with E-state index in [0.29, 0.717) is 0 Å². The molecule has 184 valence electrons. The van der Waals surface area contributed by atoms with Gasteiger partial charge in [0.25, 0.3) is 0 Å². The predicted octanol–water partition coefficient (Wildman–Crippen LogP) is 11.0. The number of hydrogen-bond acceptors (Lipinski definition) is 2. The van der Waals surface area contributed by atoms with Crippen LogP contribution in [0.3, 0.4) is 0 Å². The molecule has 0 aliphatic rings. The summed E-state index contributed by atoms with van der Waals surface area (Å²) < 4.78 is 0. The van der Waals surface area contributed by atoms with Crippen LogP contribution in [-0.4, -0.2) is 0 Å². The highest BCUT2D eigenvalue weighted by Gasteiger charge is 2.09. The van der Waals surface area contributed by atoms with Crippen molar-refractivity contribution in [3.63, 3.8) is 0 Å². The van der Waals surface area contributed by atoms with Gasteiger partial charge in [0.1, 0.15) is 0 Å². The first-order valence-electron chi connectivity index (χ1n) is 13.4. The second-order valence-corrected chi connectivity index (χ2v) is 13.1. The second-order valence-electron chi connectivity index (χ2n) is 10.2.